The van der Waals surface area contributed by atoms with Crippen LogP contribution in [0.4, 0.5) is 5.69 Å². The quantitative estimate of drug-likeness (QED) is 0.439. The predicted molar refractivity (Wildman–Crippen MR) is 84.2 cm³/mol. The Labute approximate surface area is 132 Å². The van der Waals surface area contributed by atoms with Crippen molar-refractivity contribution in [2.75, 3.05) is 19.0 Å². The zero-order valence-corrected chi connectivity index (χ0v) is 13.7. The molecule has 1 amide bonds. The van der Waals surface area contributed by atoms with Crippen molar-refractivity contribution in [3.8, 4) is 5.75 Å². The molecule has 1 aromatic carbocycles. The van der Waals surface area contributed by atoms with Crippen molar-refractivity contribution in [3.05, 3.63) is 33.9 Å². The first-order valence-electron chi connectivity index (χ1n) is 6.70. The van der Waals surface area contributed by atoms with Crippen molar-refractivity contribution in [1.82, 2.24) is 5.32 Å². The lowest BCUT2D eigenvalue weighted by atomic mass is 10.0. The van der Waals surface area contributed by atoms with E-state index in [2.05, 4.69) is 28.2 Å². The lowest BCUT2D eigenvalue weighted by Gasteiger charge is -2.15. The maximum absolute atomic E-state index is 12.2. The third-order valence-electron chi connectivity index (χ3n) is 3.29. The maximum atomic E-state index is 12.2. The summed E-state index contributed by atoms with van der Waals surface area (Å²) in [6, 6.07) is 3.97. The third-order valence-corrected chi connectivity index (χ3v) is 3.74. The van der Waals surface area contributed by atoms with Crippen LogP contribution < -0.4 is 10.1 Å². The number of nitro benzene ring substituents is 1. The zero-order chi connectivity index (χ0) is 15.8. The van der Waals surface area contributed by atoms with Gasteiger partial charge >= 0.3 is 0 Å². The Balaban J connectivity index is 2.80. The van der Waals surface area contributed by atoms with Gasteiger partial charge in [0.15, 0.2) is 0 Å². The molecule has 6 nitrogen and oxygen atoms in total. The highest BCUT2D eigenvalue weighted by Gasteiger charge is 2.17. The van der Waals surface area contributed by atoms with E-state index in [4.69, 9.17) is 4.74 Å². The summed E-state index contributed by atoms with van der Waals surface area (Å²) >= 11 is 3.39. The topological polar surface area (TPSA) is 81.5 Å². The molecule has 1 unspecified atom stereocenters. The summed E-state index contributed by atoms with van der Waals surface area (Å²) in [5.41, 5.74) is 0.200. The average Bonchev–Trinajstić information content (AvgIpc) is 2.50. The molecular formula is C14H19BrN2O4. The number of benzene rings is 1. The molecule has 1 rings (SSSR count). The Hall–Kier alpha value is -1.63. The molecule has 0 aliphatic rings. The summed E-state index contributed by atoms with van der Waals surface area (Å²) in [4.78, 5) is 22.4. The normalized spacial score (nSPS) is 11.8. The van der Waals surface area contributed by atoms with Crippen LogP contribution in [-0.2, 0) is 0 Å². The Morgan fingerprint density at radius 3 is 2.76 bits per heavy atom. The summed E-state index contributed by atoms with van der Waals surface area (Å²) in [6.45, 7) is 2.65. The van der Waals surface area contributed by atoms with E-state index in [1.807, 2.05) is 0 Å². The number of carbonyl (C=O) groups excluding carboxylic acids is 1. The number of ether oxygens (including phenoxy) is 1. The maximum Gasteiger partial charge on any atom is 0.273 e. The van der Waals surface area contributed by atoms with Crippen LogP contribution in [0.3, 0.4) is 0 Å². The highest BCUT2D eigenvalue weighted by Crippen LogP contribution is 2.24. The number of halogens is 1. The molecule has 0 aliphatic carbocycles. The lowest BCUT2D eigenvalue weighted by Crippen LogP contribution is -2.29. The molecule has 0 spiro atoms. The molecule has 0 aliphatic heterocycles. The van der Waals surface area contributed by atoms with Gasteiger partial charge in [0.2, 0.25) is 0 Å². The first-order chi connectivity index (χ1) is 10.0. The van der Waals surface area contributed by atoms with Gasteiger partial charge in [0.25, 0.3) is 11.6 Å². The molecule has 1 atom stereocenters. The van der Waals surface area contributed by atoms with Gasteiger partial charge in [0.05, 0.1) is 23.7 Å². The van der Waals surface area contributed by atoms with Crippen molar-refractivity contribution in [1.29, 1.82) is 0 Å². The standard InChI is InChI=1S/C14H19BrN2O4/c1-3-10(6-7-15)9-16-14(18)12-5-4-11(17(19)20)8-13(12)21-2/h4-5,8,10H,3,6-7,9H2,1-2H3,(H,16,18). The van der Waals surface area contributed by atoms with Crippen molar-refractivity contribution >= 4 is 27.5 Å². The third kappa shape index (κ3) is 5.00. The minimum Gasteiger partial charge on any atom is -0.496 e. The highest BCUT2D eigenvalue weighted by atomic mass is 79.9. The smallest absolute Gasteiger partial charge is 0.273 e. The van der Waals surface area contributed by atoms with Gasteiger partial charge in [0.1, 0.15) is 5.75 Å². The average molecular weight is 359 g/mol. The van der Waals surface area contributed by atoms with Crippen LogP contribution in [0.1, 0.15) is 30.1 Å². The number of hydrogen-bond donors (Lipinski definition) is 1. The number of hydrogen-bond acceptors (Lipinski definition) is 4. The Kier molecular flexibility index (Phi) is 7.14. The molecule has 1 aromatic rings. The van der Waals surface area contributed by atoms with Crippen LogP contribution in [0.5, 0.6) is 5.75 Å². The molecule has 21 heavy (non-hydrogen) atoms. The highest BCUT2D eigenvalue weighted by molar-refractivity contribution is 9.09. The summed E-state index contributed by atoms with van der Waals surface area (Å²) < 4.78 is 5.07. The fourth-order valence-corrected chi connectivity index (χ4v) is 2.57. The number of amides is 1. The largest absolute Gasteiger partial charge is 0.496 e. The zero-order valence-electron chi connectivity index (χ0n) is 12.1. The summed E-state index contributed by atoms with van der Waals surface area (Å²) in [7, 11) is 1.38. The minimum absolute atomic E-state index is 0.103. The van der Waals surface area contributed by atoms with Crippen molar-refractivity contribution in [3.63, 3.8) is 0 Å². The number of nitrogens with zero attached hydrogens (tertiary/aromatic N) is 1. The lowest BCUT2D eigenvalue weighted by molar-refractivity contribution is -0.384. The van der Waals surface area contributed by atoms with Crippen molar-refractivity contribution in [2.45, 2.75) is 19.8 Å². The molecule has 0 heterocycles. The van der Waals surface area contributed by atoms with Gasteiger partial charge in [0, 0.05) is 17.9 Å². The summed E-state index contributed by atoms with van der Waals surface area (Å²) in [5, 5.41) is 14.5. The van der Waals surface area contributed by atoms with E-state index in [0.29, 0.717) is 18.0 Å². The molecular weight excluding hydrogens is 340 g/mol. The van der Waals surface area contributed by atoms with Crippen molar-refractivity contribution < 1.29 is 14.5 Å². The number of carbonyl (C=O) groups is 1. The monoisotopic (exact) mass is 358 g/mol. The van der Waals surface area contributed by atoms with Crippen LogP contribution in [-0.4, -0.2) is 29.8 Å². The van der Waals surface area contributed by atoms with Crippen LogP contribution in [0.25, 0.3) is 0 Å². The molecule has 0 aromatic heterocycles. The second-order valence-electron chi connectivity index (χ2n) is 4.60. The van der Waals surface area contributed by atoms with Crippen molar-refractivity contribution in [2.24, 2.45) is 5.92 Å². The molecule has 116 valence electrons. The number of non-ortho nitro benzene ring substituents is 1. The number of rotatable bonds is 8. The van der Waals surface area contributed by atoms with E-state index >= 15 is 0 Å². The predicted octanol–water partition coefficient (Wildman–Crippen LogP) is 3.14. The van der Waals surface area contributed by atoms with E-state index < -0.39 is 4.92 Å². The number of alkyl halides is 1. The number of methoxy groups -OCH3 is 1. The first-order valence-corrected chi connectivity index (χ1v) is 7.82. The van der Waals surface area contributed by atoms with Crippen LogP contribution in [0, 0.1) is 16.0 Å². The van der Waals surface area contributed by atoms with Gasteiger partial charge in [-0.3, -0.25) is 14.9 Å². The Morgan fingerprint density at radius 2 is 2.24 bits per heavy atom. The van der Waals surface area contributed by atoms with Gasteiger partial charge < -0.3 is 10.1 Å². The molecule has 1 N–H and O–H groups in total. The second kappa shape index (κ2) is 8.61. The van der Waals surface area contributed by atoms with E-state index in [1.54, 1.807) is 0 Å². The Morgan fingerprint density at radius 1 is 1.52 bits per heavy atom. The van der Waals surface area contributed by atoms with E-state index in [1.165, 1.54) is 25.3 Å². The number of nitrogens with one attached hydrogen (secondary N) is 1. The van der Waals surface area contributed by atoms with Crippen LogP contribution >= 0.6 is 15.9 Å². The molecule has 0 saturated carbocycles. The molecule has 0 radical (unpaired) electrons. The van der Waals surface area contributed by atoms with E-state index in [9.17, 15) is 14.9 Å². The minimum atomic E-state index is -0.521. The number of nitro groups is 1. The van der Waals surface area contributed by atoms with E-state index in [0.717, 1.165) is 18.2 Å². The van der Waals surface area contributed by atoms with Crippen LogP contribution in [0.2, 0.25) is 0 Å². The second-order valence-corrected chi connectivity index (χ2v) is 5.40. The molecule has 0 fully saturated rings. The fraction of sp³-hybridized carbons (Fsp3) is 0.500. The first kappa shape index (κ1) is 17.4. The van der Waals surface area contributed by atoms with Gasteiger partial charge in [-0.1, -0.05) is 29.3 Å². The fourth-order valence-electron chi connectivity index (χ4n) is 1.92. The SMILES string of the molecule is CCC(CCBr)CNC(=O)c1ccc([N+](=O)[O-])cc1OC. The van der Waals surface area contributed by atoms with E-state index in [-0.39, 0.29) is 17.3 Å². The van der Waals surface area contributed by atoms with Gasteiger partial charge in [-0.25, -0.2) is 0 Å². The Bertz CT molecular complexity index is 508. The molecule has 0 bridgehead atoms. The summed E-state index contributed by atoms with van der Waals surface area (Å²) in [5.74, 6) is 0.322. The van der Waals surface area contributed by atoms with Gasteiger partial charge in [-0.05, 0) is 18.4 Å². The molecule has 7 heteroatoms. The van der Waals surface area contributed by atoms with Crippen LogP contribution in [0.15, 0.2) is 18.2 Å². The molecule has 0 saturated heterocycles. The summed E-state index contributed by atoms with van der Waals surface area (Å²) in [6.07, 6.45) is 1.96. The van der Waals surface area contributed by atoms with Gasteiger partial charge in [-0.2, -0.15) is 0 Å². The van der Waals surface area contributed by atoms with Gasteiger partial charge in [-0.15, -0.1) is 0 Å².